The molecular weight excluding hydrogens is 203 g/mol. The summed E-state index contributed by atoms with van der Waals surface area (Å²) in [5.74, 6) is 0. The first-order valence-electron chi connectivity index (χ1n) is 3.72. The van der Waals surface area contributed by atoms with Gasteiger partial charge in [0.1, 0.15) is 0 Å². The molecule has 0 fully saturated rings. The number of hydrogen-bond acceptors (Lipinski definition) is 0. The Labute approximate surface area is 87.8 Å². The molecule has 0 heterocycles. The van der Waals surface area contributed by atoms with Crippen molar-refractivity contribution in [2.24, 2.45) is 0 Å². The normalized spacial score (nSPS) is 8.85. The fourth-order valence-electron chi connectivity index (χ4n) is 0.934. The Hall–Kier alpha value is -0.900. The quantitative estimate of drug-likeness (QED) is 0.606. The van der Waals surface area contributed by atoms with Crippen molar-refractivity contribution in [1.82, 2.24) is 0 Å². The van der Waals surface area contributed by atoms with E-state index in [1.54, 1.807) is 12.1 Å². The molecule has 0 atom stereocenters. The van der Waals surface area contributed by atoms with E-state index in [1.807, 2.05) is 13.0 Å². The topological polar surface area (TPSA) is 0 Å². The third kappa shape index (κ3) is 2.52. The average molecular weight is 211 g/mol. The van der Waals surface area contributed by atoms with Crippen LogP contribution in [0.3, 0.4) is 0 Å². The molecule has 0 unspecified atom stereocenters. The molecule has 1 aromatic rings. The summed E-state index contributed by atoms with van der Waals surface area (Å²) in [6, 6.07) is 5.44. The van der Waals surface area contributed by atoms with Crippen molar-refractivity contribution in [3.05, 3.63) is 51.8 Å². The fourth-order valence-corrected chi connectivity index (χ4v) is 1.23. The monoisotopic (exact) mass is 210 g/mol. The maximum Gasteiger partial charge on any atom is 0.0598 e. The van der Waals surface area contributed by atoms with Gasteiger partial charge in [0, 0.05) is 5.57 Å². The van der Waals surface area contributed by atoms with Crippen LogP contribution in [0.15, 0.2) is 36.2 Å². The van der Waals surface area contributed by atoms with Crippen LogP contribution < -0.4 is 0 Å². The lowest BCUT2D eigenvalue weighted by Gasteiger charge is -2.00. The highest BCUT2D eigenvalue weighted by molar-refractivity contribution is 6.42. The van der Waals surface area contributed by atoms with Crippen molar-refractivity contribution >= 4 is 28.8 Å². The molecule has 0 aliphatic carbocycles. The molecule has 66 valence electrons. The summed E-state index contributed by atoms with van der Waals surface area (Å²) < 4.78 is 0. The van der Waals surface area contributed by atoms with E-state index in [9.17, 15) is 0 Å². The van der Waals surface area contributed by atoms with Crippen molar-refractivity contribution < 1.29 is 0 Å². The predicted octanol–water partition coefficient (Wildman–Crippen LogP) is 4.34. The highest BCUT2D eigenvalue weighted by Crippen LogP contribution is 2.25. The molecule has 13 heavy (non-hydrogen) atoms. The highest BCUT2D eigenvalue weighted by Gasteiger charge is 1.99. The molecule has 1 rings (SSSR count). The molecule has 0 radical (unpaired) electrons. The van der Waals surface area contributed by atoms with Crippen LogP contribution in [-0.4, -0.2) is 0 Å². The van der Waals surface area contributed by atoms with Crippen LogP contribution in [0.5, 0.6) is 0 Å². The van der Waals surface area contributed by atoms with Gasteiger partial charge in [0.25, 0.3) is 0 Å². The summed E-state index contributed by atoms with van der Waals surface area (Å²) in [5, 5.41) is 1.10. The summed E-state index contributed by atoms with van der Waals surface area (Å²) in [6.07, 6.45) is 0. The van der Waals surface area contributed by atoms with Crippen LogP contribution in [0.1, 0.15) is 12.5 Å². The number of allylic oxidation sites excluding steroid dienone is 1. The van der Waals surface area contributed by atoms with Crippen LogP contribution >= 0.6 is 23.2 Å². The molecule has 0 saturated heterocycles. The van der Waals surface area contributed by atoms with Gasteiger partial charge in [-0.2, -0.15) is 0 Å². The van der Waals surface area contributed by atoms with Crippen LogP contribution in [0.25, 0.3) is 5.57 Å². The molecule has 0 spiro atoms. The van der Waals surface area contributed by atoms with Gasteiger partial charge in [-0.3, -0.25) is 0 Å². The fraction of sp³-hybridized carbons (Fsp3) is 0.0909. The second-order valence-corrected chi connectivity index (χ2v) is 3.37. The Morgan fingerprint density at radius 2 is 2.00 bits per heavy atom. The zero-order chi connectivity index (χ0) is 9.84. The molecule has 0 nitrogen and oxygen atoms in total. The third-order valence-corrected chi connectivity index (χ3v) is 2.37. The SMILES string of the molecule is C=C=C=C(C)c1ccc(Cl)c(Cl)c1. The minimum absolute atomic E-state index is 0.546. The Morgan fingerprint density at radius 3 is 2.54 bits per heavy atom. The minimum Gasteiger partial charge on any atom is -0.0827 e. The van der Waals surface area contributed by atoms with Crippen LogP contribution in [0.2, 0.25) is 10.0 Å². The number of rotatable bonds is 1. The molecule has 0 aliphatic heterocycles. The average Bonchev–Trinajstić information content (AvgIpc) is 2.10. The molecule has 0 bridgehead atoms. The van der Waals surface area contributed by atoms with Crippen LogP contribution in [0.4, 0.5) is 0 Å². The minimum atomic E-state index is 0.546. The van der Waals surface area contributed by atoms with E-state index in [1.165, 1.54) is 0 Å². The maximum absolute atomic E-state index is 5.85. The number of halogens is 2. The first-order valence-corrected chi connectivity index (χ1v) is 4.48. The van der Waals surface area contributed by atoms with Crippen LogP contribution in [-0.2, 0) is 0 Å². The van der Waals surface area contributed by atoms with E-state index in [4.69, 9.17) is 23.2 Å². The predicted molar refractivity (Wildman–Crippen MR) is 58.2 cm³/mol. The number of benzene rings is 1. The van der Waals surface area contributed by atoms with E-state index in [0.29, 0.717) is 10.0 Å². The van der Waals surface area contributed by atoms with Crippen molar-refractivity contribution in [3.63, 3.8) is 0 Å². The van der Waals surface area contributed by atoms with Gasteiger partial charge in [0.2, 0.25) is 0 Å². The Bertz CT molecular complexity index is 406. The lowest BCUT2D eigenvalue weighted by atomic mass is 10.1. The summed E-state index contributed by atoms with van der Waals surface area (Å²) in [4.78, 5) is 0. The largest absolute Gasteiger partial charge is 0.0827 e. The van der Waals surface area contributed by atoms with Gasteiger partial charge in [-0.15, -0.1) is 0 Å². The molecule has 1 aromatic carbocycles. The van der Waals surface area contributed by atoms with Gasteiger partial charge in [0.15, 0.2) is 0 Å². The van der Waals surface area contributed by atoms with Gasteiger partial charge in [-0.05, 0) is 31.2 Å². The molecule has 0 N–H and O–H groups in total. The zero-order valence-electron chi connectivity index (χ0n) is 7.20. The molecule has 0 saturated carbocycles. The highest BCUT2D eigenvalue weighted by atomic mass is 35.5. The van der Waals surface area contributed by atoms with Gasteiger partial charge < -0.3 is 0 Å². The zero-order valence-corrected chi connectivity index (χ0v) is 8.71. The van der Waals surface area contributed by atoms with E-state index in [2.05, 4.69) is 18.0 Å². The Morgan fingerprint density at radius 1 is 1.31 bits per heavy atom. The smallest absolute Gasteiger partial charge is 0.0598 e. The second kappa shape index (κ2) is 4.37. The maximum atomic E-state index is 5.85. The summed E-state index contributed by atoms with van der Waals surface area (Å²) in [5.41, 5.74) is 7.37. The van der Waals surface area contributed by atoms with Gasteiger partial charge in [-0.25, -0.2) is 0 Å². The van der Waals surface area contributed by atoms with Crippen molar-refractivity contribution in [2.45, 2.75) is 6.92 Å². The second-order valence-electron chi connectivity index (χ2n) is 2.56. The Balaban J connectivity index is 3.26. The van der Waals surface area contributed by atoms with E-state index >= 15 is 0 Å². The van der Waals surface area contributed by atoms with E-state index in [0.717, 1.165) is 11.1 Å². The summed E-state index contributed by atoms with van der Waals surface area (Å²) in [6.45, 7) is 5.36. The molecule has 2 heteroatoms. The molecular formula is C11H8Cl2. The summed E-state index contributed by atoms with van der Waals surface area (Å²) >= 11 is 11.6. The third-order valence-electron chi connectivity index (χ3n) is 1.63. The van der Waals surface area contributed by atoms with E-state index in [-0.39, 0.29) is 0 Å². The van der Waals surface area contributed by atoms with Gasteiger partial charge in [0.05, 0.1) is 10.0 Å². The first kappa shape index (κ1) is 10.2. The number of hydrogen-bond donors (Lipinski definition) is 0. The lowest BCUT2D eigenvalue weighted by molar-refractivity contribution is 1.57. The lowest BCUT2D eigenvalue weighted by Crippen LogP contribution is -1.78. The van der Waals surface area contributed by atoms with Crippen molar-refractivity contribution in [1.29, 1.82) is 0 Å². The Kier molecular flexibility index (Phi) is 3.42. The van der Waals surface area contributed by atoms with Gasteiger partial charge in [-0.1, -0.05) is 40.7 Å². The van der Waals surface area contributed by atoms with Crippen molar-refractivity contribution in [3.8, 4) is 0 Å². The van der Waals surface area contributed by atoms with Gasteiger partial charge >= 0.3 is 0 Å². The molecule has 0 aromatic heterocycles. The first-order chi connectivity index (χ1) is 6.15. The molecule has 0 aliphatic rings. The summed E-state index contributed by atoms with van der Waals surface area (Å²) in [7, 11) is 0. The van der Waals surface area contributed by atoms with Crippen molar-refractivity contribution in [2.75, 3.05) is 0 Å². The standard InChI is InChI=1S/C11H8Cl2/c1-3-4-8(2)9-5-6-10(12)11(13)7-9/h5-7H,1H2,2H3. The van der Waals surface area contributed by atoms with Crippen LogP contribution in [0, 0.1) is 0 Å². The molecule has 0 amide bonds. The van der Waals surface area contributed by atoms with E-state index < -0.39 is 0 Å².